The van der Waals surface area contributed by atoms with Gasteiger partial charge in [-0.15, -0.1) is 26.3 Å². The van der Waals surface area contributed by atoms with Gasteiger partial charge < -0.3 is 14.8 Å². The highest BCUT2D eigenvalue weighted by Crippen LogP contribution is 2.37. The van der Waals surface area contributed by atoms with Crippen LogP contribution in [-0.4, -0.2) is 25.3 Å². The number of ether oxygens (including phenoxy) is 2. The Morgan fingerprint density at radius 3 is 2.31 bits per heavy atom. The molecule has 0 spiro atoms. The number of carbonyl (C=O) groups is 1. The number of nitrogens with zero attached hydrogens (tertiary/aromatic N) is 1. The Balaban J connectivity index is 1.81. The molecule has 2 aromatic carbocycles. The molecule has 3 rings (SSSR count). The summed E-state index contributed by atoms with van der Waals surface area (Å²) in [6.45, 7) is 0.198. The van der Waals surface area contributed by atoms with Crippen molar-refractivity contribution in [3.63, 3.8) is 0 Å². The Kier molecular flexibility index (Phi) is 5.31. The Morgan fingerprint density at radius 1 is 0.966 bits per heavy atom. The summed E-state index contributed by atoms with van der Waals surface area (Å²) in [4.78, 5) is 13.8. The number of hydrogen-bond donors (Lipinski definition) is 1. The van der Waals surface area contributed by atoms with Gasteiger partial charge in [-0.2, -0.15) is 0 Å². The molecule has 1 N–H and O–H groups in total. The van der Waals surface area contributed by atoms with Crippen molar-refractivity contribution < 1.29 is 40.6 Å². The molecule has 29 heavy (non-hydrogen) atoms. The first-order valence-corrected chi connectivity index (χ1v) is 8.00. The predicted octanol–water partition coefficient (Wildman–Crippen LogP) is 4.91. The molecular weight excluding hydrogens is 406 g/mol. The van der Waals surface area contributed by atoms with Gasteiger partial charge in [-0.3, -0.25) is 9.69 Å². The predicted molar refractivity (Wildman–Crippen MR) is 91.3 cm³/mol. The summed E-state index contributed by atoms with van der Waals surface area (Å²) in [7, 11) is 0. The minimum absolute atomic E-state index is 0.00701. The van der Waals surface area contributed by atoms with Gasteiger partial charge >= 0.3 is 12.7 Å². The van der Waals surface area contributed by atoms with Gasteiger partial charge in [0.2, 0.25) is 0 Å². The Bertz CT molecular complexity index is 940. The first kappa shape index (κ1) is 20.4. The number of alkyl halides is 6. The number of halogens is 6. The molecular formula is C18H12F6N2O3. The van der Waals surface area contributed by atoms with Crippen LogP contribution in [0, 0.1) is 0 Å². The average molecular weight is 418 g/mol. The number of anilines is 2. The van der Waals surface area contributed by atoms with E-state index in [0.717, 1.165) is 23.9 Å². The monoisotopic (exact) mass is 418 g/mol. The van der Waals surface area contributed by atoms with Gasteiger partial charge in [0.1, 0.15) is 0 Å². The van der Waals surface area contributed by atoms with E-state index in [1.54, 1.807) is 24.3 Å². The maximum absolute atomic E-state index is 12.5. The summed E-state index contributed by atoms with van der Waals surface area (Å²) in [5, 5.41) is 3.00. The first-order valence-electron chi connectivity index (χ1n) is 8.00. The zero-order valence-electron chi connectivity index (χ0n) is 14.3. The van der Waals surface area contributed by atoms with Crippen LogP contribution in [0.4, 0.5) is 37.7 Å². The highest BCUT2D eigenvalue weighted by atomic mass is 19.4. The quantitative estimate of drug-likeness (QED) is 0.566. The molecule has 0 fully saturated rings. The van der Waals surface area contributed by atoms with Gasteiger partial charge in [-0.1, -0.05) is 18.2 Å². The number of carbonyl (C=O) groups excluding carboxylic acids is 1. The zero-order chi connectivity index (χ0) is 21.2. The van der Waals surface area contributed by atoms with E-state index in [1.807, 2.05) is 0 Å². The smallest absolute Gasteiger partial charge is 0.402 e. The minimum Gasteiger partial charge on any atom is -0.402 e. The highest BCUT2D eigenvalue weighted by molar-refractivity contribution is 6.07. The molecule has 1 amide bonds. The van der Waals surface area contributed by atoms with Crippen LogP contribution in [0.15, 0.2) is 48.5 Å². The second kappa shape index (κ2) is 7.57. The summed E-state index contributed by atoms with van der Waals surface area (Å²) in [5.74, 6) is -2.81. The van der Waals surface area contributed by atoms with Crippen molar-refractivity contribution in [3.8, 4) is 11.5 Å². The number of para-hydroxylation sites is 2. The number of benzene rings is 2. The summed E-state index contributed by atoms with van der Waals surface area (Å²) in [5.41, 5.74) is 1.37. The standard InChI is InChI=1S/C18H12F6N2O3/c19-17(20,21)28-14-7-5-11(9-15(14)29-18(22,23)24)6-8-16(27)26-10-25-12-3-1-2-4-13(12)26/h1-9,25H,10H2/b8-6+. The van der Waals surface area contributed by atoms with Crippen LogP contribution < -0.4 is 19.7 Å². The molecule has 0 bridgehead atoms. The third kappa shape index (κ3) is 5.33. The molecule has 0 radical (unpaired) electrons. The van der Waals surface area contributed by atoms with Crippen LogP contribution in [0.1, 0.15) is 5.56 Å². The third-order valence-electron chi connectivity index (χ3n) is 3.73. The van der Waals surface area contributed by atoms with Gasteiger partial charge in [0.15, 0.2) is 11.5 Å². The number of fused-ring (bicyclic) bond motifs is 1. The summed E-state index contributed by atoms with van der Waals surface area (Å²) >= 11 is 0. The molecule has 0 saturated heterocycles. The van der Waals surface area contributed by atoms with E-state index in [9.17, 15) is 31.1 Å². The van der Waals surface area contributed by atoms with Gasteiger partial charge in [0.05, 0.1) is 18.0 Å². The summed E-state index contributed by atoms with van der Waals surface area (Å²) in [6, 6.07) is 9.41. The Hall–Kier alpha value is -3.37. The van der Waals surface area contributed by atoms with Gasteiger partial charge in [-0.05, 0) is 35.9 Å². The molecule has 0 aromatic heterocycles. The molecule has 1 aliphatic rings. The molecule has 0 aliphatic carbocycles. The number of hydrogen-bond acceptors (Lipinski definition) is 4. The molecule has 1 heterocycles. The van der Waals surface area contributed by atoms with Crippen LogP contribution in [-0.2, 0) is 4.79 Å². The number of rotatable bonds is 4. The van der Waals surface area contributed by atoms with E-state index in [0.29, 0.717) is 17.8 Å². The van der Waals surface area contributed by atoms with Gasteiger partial charge in [0, 0.05) is 6.08 Å². The van der Waals surface area contributed by atoms with Crippen molar-refractivity contribution in [1.29, 1.82) is 0 Å². The second-order valence-electron chi connectivity index (χ2n) is 5.75. The van der Waals surface area contributed by atoms with Crippen LogP contribution in [0.3, 0.4) is 0 Å². The van der Waals surface area contributed by atoms with Crippen molar-refractivity contribution >= 4 is 23.4 Å². The maximum Gasteiger partial charge on any atom is 0.573 e. The largest absolute Gasteiger partial charge is 0.573 e. The summed E-state index contributed by atoms with van der Waals surface area (Å²) in [6.07, 6.45) is -8.19. The first-order chi connectivity index (χ1) is 13.5. The van der Waals surface area contributed by atoms with Crippen molar-refractivity contribution in [1.82, 2.24) is 0 Å². The van der Waals surface area contributed by atoms with Crippen LogP contribution >= 0.6 is 0 Å². The number of amides is 1. The zero-order valence-corrected chi connectivity index (χ0v) is 14.3. The lowest BCUT2D eigenvalue weighted by Gasteiger charge is -2.16. The number of nitrogens with one attached hydrogen (secondary N) is 1. The maximum atomic E-state index is 12.5. The van der Waals surface area contributed by atoms with Crippen molar-refractivity contribution in [2.75, 3.05) is 16.9 Å². The lowest BCUT2D eigenvalue weighted by Crippen LogP contribution is -2.28. The van der Waals surface area contributed by atoms with Gasteiger partial charge in [-0.25, -0.2) is 0 Å². The fraction of sp³-hybridized carbons (Fsp3) is 0.167. The van der Waals surface area contributed by atoms with E-state index in [2.05, 4.69) is 14.8 Å². The Labute approximate surface area is 160 Å². The fourth-order valence-electron chi connectivity index (χ4n) is 2.60. The van der Waals surface area contributed by atoms with Crippen LogP contribution in [0.25, 0.3) is 6.08 Å². The van der Waals surface area contributed by atoms with Crippen molar-refractivity contribution in [2.24, 2.45) is 0 Å². The van der Waals surface area contributed by atoms with Crippen LogP contribution in [0.5, 0.6) is 11.5 Å². The fourth-order valence-corrected chi connectivity index (χ4v) is 2.60. The lowest BCUT2D eigenvalue weighted by molar-refractivity contribution is -0.287. The molecule has 1 aliphatic heterocycles. The van der Waals surface area contributed by atoms with E-state index in [4.69, 9.17) is 0 Å². The Morgan fingerprint density at radius 2 is 1.62 bits per heavy atom. The molecule has 0 atom stereocenters. The topological polar surface area (TPSA) is 50.8 Å². The average Bonchev–Trinajstić information content (AvgIpc) is 3.03. The van der Waals surface area contributed by atoms with Crippen LogP contribution in [0.2, 0.25) is 0 Å². The van der Waals surface area contributed by atoms with E-state index >= 15 is 0 Å². The minimum atomic E-state index is -5.23. The highest BCUT2D eigenvalue weighted by Gasteiger charge is 2.36. The molecule has 5 nitrogen and oxygen atoms in total. The molecule has 0 unspecified atom stereocenters. The molecule has 154 valence electrons. The van der Waals surface area contributed by atoms with Gasteiger partial charge in [0.25, 0.3) is 5.91 Å². The second-order valence-corrected chi connectivity index (χ2v) is 5.75. The molecule has 11 heteroatoms. The molecule has 0 saturated carbocycles. The third-order valence-corrected chi connectivity index (χ3v) is 3.73. The SMILES string of the molecule is O=C(/C=C/c1ccc(OC(F)(F)F)c(OC(F)(F)F)c1)N1CNc2ccccc21. The summed E-state index contributed by atoms with van der Waals surface area (Å²) < 4.78 is 81.8. The normalized spacial score (nSPS) is 13.9. The van der Waals surface area contributed by atoms with E-state index in [-0.39, 0.29) is 12.2 Å². The molecule has 2 aromatic rings. The lowest BCUT2D eigenvalue weighted by atomic mass is 10.2. The van der Waals surface area contributed by atoms with E-state index < -0.39 is 30.1 Å². The van der Waals surface area contributed by atoms with Crippen molar-refractivity contribution in [3.05, 3.63) is 54.1 Å². The van der Waals surface area contributed by atoms with E-state index in [1.165, 1.54) is 4.90 Å². The van der Waals surface area contributed by atoms with Crippen molar-refractivity contribution in [2.45, 2.75) is 12.7 Å².